The Labute approximate surface area is 124 Å². The Kier molecular flexibility index (Phi) is 6.60. The quantitative estimate of drug-likeness (QED) is 0.324. The molecule has 1 amide bonds. The number of hydroxylamine groups is 1. The van der Waals surface area contributed by atoms with Crippen molar-refractivity contribution in [1.82, 2.24) is 10.2 Å². The fourth-order valence-corrected chi connectivity index (χ4v) is 3.33. The molecule has 8 heteroatoms. The highest BCUT2D eigenvalue weighted by atomic mass is 32.2. The number of para-hydroxylation sites is 1. The molecule has 7 nitrogen and oxygen atoms in total. The summed E-state index contributed by atoms with van der Waals surface area (Å²) >= 11 is 0. The minimum Gasteiger partial charge on any atom is -0.398 e. The summed E-state index contributed by atoms with van der Waals surface area (Å²) in [5.74, 6) is -0.639. The number of anilines is 1. The summed E-state index contributed by atoms with van der Waals surface area (Å²) in [7, 11) is -3.81. The lowest BCUT2D eigenvalue weighted by Gasteiger charge is -2.18. The molecule has 0 spiro atoms. The third-order valence-electron chi connectivity index (χ3n) is 2.99. The van der Waals surface area contributed by atoms with Crippen LogP contribution in [-0.4, -0.2) is 25.6 Å². The number of carbonyl (C=O) groups excluding carboxylic acids is 1. The van der Waals surface area contributed by atoms with Crippen LogP contribution < -0.4 is 15.9 Å². The number of nitrogens with two attached hydrogens (primary N) is 1. The van der Waals surface area contributed by atoms with Crippen LogP contribution in [0.5, 0.6) is 0 Å². The van der Waals surface area contributed by atoms with E-state index < -0.39 is 22.0 Å². The number of amides is 1. The Morgan fingerprint density at radius 2 is 2.05 bits per heavy atom. The highest BCUT2D eigenvalue weighted by Gasteiger charge is 2.23. The van der Waals surface area contributed by atoms with E-state index in [4.69, 9.17) is 10.9 Å². The van der Waals surface area contributed by atoms with E-state index in [9.17, 15) is 13.2 Å². The number of unbranched alkanes of at least 4 members (excludes halogenated alkanes) is 1. The highest BCUT2D eigenvalue weighted by Crippen LogP contribution is 2.18. The van der Waals surface area contributed by atoms with Gasteiger partial charge in [-0.1, -0.05) is 31.9 Å². The molecule has 1 rings (SSSR count). The SMILES string of the molecule is CCCC[C@@H](CC(=O)NO)NS(=O)(=O)c1ccccc1N. The van der Waals surface area contributed by atoms with Crippen LogP contribution in [0.3, 0.4) is 0 Å². The van der Waals surface area contributed by atoms with Crippen molar-refractivity contribution in [3.05, 3.63) is 24.3 Å². The second-order valence-electron chi connectivity index (χ2n) is 4.74. The zero-order valence-electron chi connectivity index (χ0n) is 11.9. The zero-order chi connectivity index (χ0) is 15.9. The molecule has 0 aromatic heterocycles. The van der Waals surface area contributed by atoms with Crippen molar-refractivity contribution in [2.24, 2.45) is 0 Å². The van der Waals surface area contributed by atoms with E-state index in [2.05, 4.69) is 4.72 Å². The first-order chi connectivity index (χ1) is 9.90. The molecular formula is C13H21N3O4S. The van der Waals surface area contributed by atoms with Gasteiger partial charge >= 0.3 is 0 Å². The van der Waals surface area contributed by atoms with Crippen molar-refractivity contribution in [1.29, 1.82) is 0 Å². The average Bonchev–Trinajstić information content (AvgIpc) is 2.44. The maximum Gasteiger partial charge on any atom is 0.244 e. The van der Waals surface area contributed by atoms with Gasteiger partial charge in [-0.05, 0) is 18.6 Å². The summed E-state index contributed by atoms with van der Waals surface area (Å²) in [6.07, 6.45) is 1.99. The highest BCUT2D eigenvalue weighted by molar-refractivity contribution is 7.89. The summed E-state index contributed by atoms with van der Waals surface area (Å²) in [4.78, 5) is 11.2. The van der Waals surface area contributed by atoms with Crippen LogP contribution in [0.4, 0.5) is 5.69 Å². The lowest BCUT2D eigenvalue weighted by Crippen LogP contribution is -2.38. The molecule has 0 bridgehead atoms. The summed E-state index contributed by atoms with van der Waals surface area (Å²) in [6, 6.07) is 5.52. The van der Waals surface area contributed by atoms with Gasteiger partial charge in [0.25, 0.3) is 0 Å². The number of benzene rings is 1. The van der Waals surface area contributed by atoms with Gasteiger partial charge < -0.3 is 5.73 Å². The van der Waals surface area contributed by atoms with E-state index in [1.165, 1.54) is 17.6 Å². The molecule has 118 valence electrons. The lowest BCUT2D eigenvalue weighted by molar-refractivity contribution is -0.129. The van der Waals surface area contributed by atoms with Gasteiger partial charge in [0.15, 0.2) is 0 Å². The van der Waals surface area contributed by atoms with Crippen molar-refractivity contribution >= 4 is 21.6 Å². The van der Waals surface area contributed by atoms with Gasteiger partial charge in [-0.2, -0.15) is 0 Å². The second kappa shape index (κ2) is 7.96. The number of sulfonamides is 1. The maximum absolute atomic E-state index is 12.3. The van der Waals surface area contributed by atoms with Crippen LogP contribution in [0.15, 0.2) is 29.2 Å². The number of hydrogen-bond acceptors (Lipinski definition) is 5. The predicted molar refractivity (Wildman–Crippen MR) is 79.0 cm³/mol. The molecule has 21 heavy (non-hydrogen) atoms. The van der Waals surface area contributed by atoms with Crippen LogP contribution >= 0.6 is 0 Å². The number of carbonyl (C=O) groups is 1. The van der Waals surface area contributed by atoms with Crippen molar-refractivity contribution in [2.45, 2.75) is 43.5 Å². The van der Waals surface area contributed by atoms with E-state index in [0.29, 0.717) is 6.42 Å². The van der Waals surface area contributed by atoms with Crippen LogP contribution in [0.1, 0.15) is 32.6 Å². The molecule has 1 aromatic rings. The molecule has 0 unspecified atom stereocenters. The van der Waals surface area contributed by atoms with Gasteiger partial charge in [0, 0.05) is 12.5 Å². The monoisotopic (exact) mass is 315 g/mol. The zero-order valence-corrected chi connectivity index (χ0v) is 12.7. The van der Waals surface area contributed by atoms with Crippen LogP contribution in [0.25, 0.3) is 0 Å². The Morgan fingerprint density at radius 1 is 1.38 bits per heavy atom. The van der Waals surface area contributed by atoms with Crippen LogP contribution in [0.2, 0.25) is 0 Å². The normalized spacial score (nSPS) is 12.9. The third-order valence-corrected chi connectivity index (χ3v) is 4.59. The molecular weight excluding hydrogens is 294 g/mol. The molecule has 0 saturated carbocycles. The Balaban J connectivity index is 2.90. The summed E-state index contributed by atoms with van der Waals surface area (Å²) in [5.41, 5.74) is 7.33. The van der Waals surface area contributed by atoms with Crippen LogP contribution in [0, 0.1) is 0 Å². The van der Waals surface area contributed by atoms with Gasteiger partial charge in [-0.25, -0.2) is 18.6 Å². The third kappa shape index (κ3) is 5.33. The van der Waals surface area contributed by atoms with Gasteiger partial charge in [0.05, 0.1) is 5.69 Å². The molecule has 0 radical (unpaired) electrons. The fourth-order valence-electron chi connectivity index (χ4n) is 1.93. The van der Waals surface area contributed by atoms with Crippen LogP contribution in [-0.2, 0) is 14.8 Å². The number of hydrogen-bond donors (Lipinski definition) is 4. The first kappa shape index (κ1) is 17.4. The predicted octanol–water partition coefficient (Wildman–Crippen LogP) is 1.00. The van der Waals surface area contributed by atoms with Crippen molar-refractivity contribution < 1.29 is 18.4 Å². The van der Waals surface area contributed by atoms with Gasteiger partial charge in [-0.15, -0.1) is 0 Å². The fraction of sp³-hybridized carbons (Fsp3) is 0.462. The van der Waals surface area contributed by atoms with Gasteiger partial charge in [-0.3, -0.25) is 10.0 Å². The van der Waals surface area contributed by atoms with Crippen molar-refractivity contribution in [2.75, 3.05) is 5.73 Å². The molecule has 0 heterocycles. The number of rotatable bonds is 8. The lowest BCUT2D eigenvalue weighted by atomic mass is 10.1. The average molecular weight is 315 g/mol. The van der Waals surface area contributed by atoms with E-state index in [1.54, 1.807) is 12.1 Å². The molecule has 5 N–H and O–H groups in total. The smallest absolute Gasteiger partial charge is 0.244 e. The molecule has 0 saturated heterocycles. The minimum atomic E-state index is -3.81. The van der Waals surface area contributed by atoms with Gasteiger partial charge in [0.2, 0.25) is 15.9 Å². The largest absolute Gasteiger partial charge is 0.398 e. The topological polar surface area (TPSA) is 122 Å². The maximum atomic E-state index is 12.3. The Hall–Kier alpha value is -1.64. The molecule has 1 aromatic carbocycles. The van der Waals surface area contributed by atoms with Gasteiger partial charge in [0.1, 0.15) is 4.90 Å². The first-order valence-electron chi connectivity index (χ1n) is 6.70. The summed E-state index contributed by atoms with van der Waals surface area (Å²) in [5, 5.41) is 8.57. The summed E-state index contributed by atoms with van der Waals surface area (Å²) in [6.45, 7) is 1.97. The molecule has 1 atom stereocenters. The van der Waals surface area contributed by atoms with E-state index in [0.717, 1.165) is 12.8 Å². The van der Waals surface area contributed by atoms with Crippen molar-refractivity contribution in [3.8, 4) is 0 Å². The van der Waals surface area contributed by atoms with E-state index >= 15 is 0 Å². The Morgan fingerprint density at radius 3 is 2.62 bits per heavy atom. The standard InChI is InChI=1S/C13H21N3O4S/c1-2-3-6-10(9-13(17)15-18)16-21(19,20)12-8-5-4-7-11(12)14/h4-5,7-8,10,16,18H,2-3,6,9,14H2,1H3,(H,15,17)/t10-/m0/s1. The number of nitrogen functional groups attached to an aromatic ring is 1. The first-order valence-corrected chi connectivity index (χ1v) is 8.18. The van der Waals surface area contributed by atoms with E-state index in [1.807, 2.05) is 6.92 Å². The second-order valence-corrected chi connectivity index (χ2v) is 6.42. The summed E-state index contributed by atoms with van der Waals surface area (Å²) < 4.78 is 27.1. The molecule has 0 fully saturated rings. The van der Waals surface area contributed by atoms with Crippen molar-refractivity contribution in [3.63, 3.8) is 0 Å². The Bertz CT molecular complexity index is 575. The molecule has 0 aliphatic carbocycles. The minimum absolute atomic E-state index is 0.0177. The molecule has 0 aliphatic heterocycles. The van der Waals surface area contributed by atoms with E-state index in [-0.39, 0.29) is 17.0 Å². The molecule has 0 aliphatic rings. The number of nitrogens with one attached hydrogen (secondary N) is 2.